The van der Waals surface area contributed by atoms with Crippen LogP contribution in [-0.2, 0) is 21.5 Å². The van der Waals surface area contributed by atoms with Crippen LogP contribution in [0.15, 0.2) is 24.3 Å². The van der Waals surface area contributed by atoms with Gasteiger partial charge in [-0.05, 0) is 40.3 Å². The van der Waals surface area contributed by atoms with E-state index in [4.69, 9.17) is 10.2 Å². The van der Waals surface area contributed by atoms with Crippen molar-refractivity contribution in [3.8, 4) is 0 Å². The number of halogens is 1. The van der Waals surface area contributed by atoms with Crippen LogP contribution in [0.2, 0.25) is 0 Å². The highest BCUT2D eigenvalue weighted by Crippen LogP contribution is 2.11. The number of benzene rings is 1. The second-order valence-corrected chi connectivity index (χ2v) is 6.13. The number of carboxylic acid groups (broad SMARTS) is 1. The molecule has 0 heterocycles. The number of hydrogen-bond acceptors (Lipinski definition) is 3. The van der Waals surface area contributed by atoms with Gasteiger partial charge in [0.25, 0.3) is 10.2 Å². The number of nitrogens with zero attached hydrogens (tertiary/aromatic N) is 1. The lowest BCUT2D eigenvalue weighted by Gasteiger charge is -2.17. The summed E-state index contributed by atoms with van der Waals surface area (Å²) < 4.78 is 24.0. The summed E-state index contributed by atoms with van der Waals surface area (Å²) in [5.74, 6) is -1.25. The molecule has 0 aliphatic heterocycles. The van der Waals surface area contributed by atoms with Crippen molar-refractivity contribution in [2.24, 2.45) is 5.14 Å². The molecule has 0 spiro atoms. The molecule has 0 bridgehead atoms. The predicted molar refractivity (Wildman–Crippen MR) is 70.3 cm³/mol. The first kappa shape index (κ1) is 14.4. The first-order valence-corrected chi connectivity index (χ1v) is 7.11. The van der Waals surface area contributed by atoms with E-state index in [2.05, 4.69) is 22.6 Å². The number of nitrogens with two attached hydrogens (primary N) is 1. The Kier molecular flexibility index (Phi) is 4.86. The van der Waals surface area contributed by atoms with Crippen LogP contribution >= 0.6 is 22.6 Å². The van der Waals surface area contributed by atoms with Crippen LogP contribution in [0.3, 0.4) is 0 Å². The Labute approximate surface area is 113 Å². The molecular weight excluding hydrogens is 359 g/mol. The summed E-state index contributed by atoms with van der Waals surface area (Å²) in [4.78, 5) is 10.6. The normalized spacial score (nSPS) is 11.7. The summed E-state index contributed by atoms with van der Waals surface area (Å²) in [6.07, 6.45) is 0. The average molecular weight is 370 g/mol. The molecule has 94 valence electrons. The first-order valence-electron chi connectivity index (χ1n) is 4.53. The molecule has 3 N–H and O–H groups in total. The lowest BCUT2D eigenvalue weighted by molar-refractivity contribution is -0.137. The van der Waals surface area contributed by atoms with Gasteiger partial charge in [0.2, 0.25) is 0 Å². The molecule has 1 aromatic carbocycles. The molecule has 0 aromatic heterocycles. The maximum atomic E-state index is 11.2. The summed E-state index contributed by atoms with van der Waals surface area (Å²) in [5, 5.41) is 13.6. The van der Waals surface area contributed by atoms with E-state index in [1.807, 2.05) is 6.07 Å². The van der Waals surface area contributed by atoms with Crippen molar-refractivity contribution in [3.05, 3.63) is 33.4 Å². The summed E-state index contributed by atoms with van der Waals surface area (Å²) in [6, 6.07) is 7.09. The van der Waals surface area contributed by atoms with Gasteiger partial charge in [0.05, 0.1) is 0 Å². The zero-order valence-electron chi connectivity index (χ0n) is 8.71. The topological polar surface area (TPSA) is 101 Å². The second kappa shape index (κ2) is 5.76. The van der Waals surface area contributed by atoms with Crippen LogP contribution in [0.4, 0.5) is 0 Å². The van der Waals surface area contributed by atoms with E-state index in [1.54, 1.807) is 18.2 Å². The highest BCUT2D eigenvalue weighted by Gasteiger charge is 2.20. The van der Waals surface area contributed by atoms with E-state index >= 15 is 0 Å². The average Bonchev–Trinajstić information content (AvgIpc) is 2.14. The van der Waals surface area contributed by atoms with Gasteiger partial charge < -0.3 is 5.11 Å². The maximum Gasteiger partial charge on any atom is 0.318 e. The number of aliphatic carboxylic acids is 1. The molecular formula is C9H11IN2O4S. The second-order valence-electron chi connectivity index (χ2n) is 3.34. The molecule has 0 aliphatic rings. The minimum Gasteiger partial charge on any atom is -0.480 e. The fourth-order valence-electron chi connectivity index (χ4n) is 1.23. The number of carbonyl (C=O) groups is 1. The fourth-order valence-corrected chi connectivity index (χ4v) is 2.45. The fraction of sp³-hybridized carbons (Fsp3) is 0.222. The van der Waals surface area contributed by atoms with Crippen LogP contribution in [0.1, 0.15) is 5.56 Å². The third-order valence-corrected chi connectivity index (χ3v) is 3.57. The molecule has 0 saturated heterocycles. The van der Waals surface area contributed by atoms with Crippen molar-refractivity contribution in [3.63, 3.8) is 0 Å². The Morgan fingerprint density at radius 2 is 2.12 bits per heavy atom. The molecule has 0 unspecified atom stereocenters. The Balaban J connectivity index is 2.91. The minimum absolute atomic E-state index is 0.0536. The van der Waals surface area contributed by atoms with Crippen molar-refractivity contribution < 1.29 is 18.3 Å². The van der Waals surface area contributed by atoms with Crippen molar-refractivity contribution in [1.82, 2.24) is 4.31 Å². The van der Waals surface area contributed by atoms with Crippen molar-refractivity contribution >= 4 is 38.8 Å². The molecule has 0 amide bonds. The summed E-state index contributed by atoms with van der Waals surface area (Å²) >= 11 is 2.08. The molecule has 17 heavy (non-hydrogen) atoms. The Morgan fingerprint density at radius 1 is 1.47 bits per heavy atom. The SMILES string of the molecule is NS(=O)(=O)N(CC(=O)O)Cc1cccc(I)c1. The Morgan fingerprint density at radius 3 is 2.59 bits per heavy atom. The highest BCUT2D eigenvalue weighted by molar-refractivity contribution is 14.1. The molecule has 0 atom stereocenters. The Hall–Kier alpha value is -0.710. The zero-order valence-corrected chi connectivity index (χ0v) is 11.7. The molecule has 0 fully saturated rings. The van der Waals surface area contributed by atoms with Gasteiger partial charge in [-0.15, -0.1) is 0 Å². The van der Waals surface area contributed by atoms with Crippen LogP contribution in [0, 0.1) is 3.57 Å². The third kappa shape index (κ3) is 4.98. The molecule has 6 nitrogen and oxygen atoms in total. The van der Waals surface area contributed by atoms with Gasteiger partial charge in [0.1, 0.15) is 6.54 Å². The predicted octanol–water partition coefficient (Wildman–Crippen LogP) is 0.381. The van der Waals surface area contributed by atoms with Gasteiger partial charge in [0, 0.05) is 10.1 Å². The van der Waals surface area contributed by atoms with E-state index < -0.39 is 22.7 Å². The molecule has 1 aromatic rings. The van der Waals surface area contributed by atoms with Crippen LogP contribution in [0.5, 0.6) is 0 Å². The van der Waals surface area contributed by atoms with Gasteiger partial charge in [-0.2, -0.15) is 12.7 Å². The van der Waals surface area contributed by atoms with E-state index in [1.165, 1.54) is 0 Å². The standard InChI is InChI=1S/C9H11IN2O4S/c10-8-3-1-2-7(4-8)5-12(6-9(13)14)17(11,15)16/h1-4H,5-6H2,(H,13,14)(H2,11,15,16). The van der Waals surface area contributed by atoms with Gasteiger partial charge >= 0.3 is 5.97 Å². The minimum atomic E-state index is -4.02. The van der Waals surface area contributed by atoms with Gasteiger partial charge in [-0.3, -0.25) is 4.79 Å². The lowest BCUT2D eigenvalue weighted by Crippen LogP contribution is -2.39. The van der Waals surface area contributed by atoms with Crippen molar-refractivity contribution in [2.75, 3.05) is 6.54 Å². The third-order valence-electron chi connectivity index (χ3n) is 1.92. The van der Waals surface area contributed by atoms with E-state index in [9.17, 15) is 13.2 Å². The maximum absolute atomic E-state index is 11.2. The molecule has 0 saturated carbocycles. The summed E-state index contributed by atoms with van der Waals surface area (Å²) in [5.41, 5.74) is 0.687. The Bertz CT molecular complexity index is 517. The number of hydrogen-bond donors (Lipinski definition) is 2. The molecule has 8 heteroatoms. The monoisotopic (exact) mass is 370 g/mol. The zero-order chi connectivity index (χ0) is 13.1. The van der Waals surface area contributed by atoms with E-state index in [-0.39, 0.29) is 6.54 Å². The van der Waals surface area contributed by atoms with Crippen LogP contribution in [0.25, 0.3) is 0 Å². The number of rotatable bonds is 5. The summed E-state index contributed by atoms with van der Waals surface area (Å²) in [6.45, 7) is -0.702. The lowest BCUT2D eigenvalue weighted by atomic mass is 10.2. The van der Waals surface area contributed by atoms with Gasteiger partial charge in [-0.1, -0.05) is 12.1 Å². The van der Waals surface area contributed by atoms with Crippen molar-refractivity contribution in [1.29, 1.82) is 0 Å². The smallest absolute Gasteiger partial charge is 0.318 e. The molecule has 0 aliphatic carbocycles. The number of carboxylic acids is 1. The van der Waals surface area contributed by atoms with Gasteiger partial charge in [-0.25, -0.2) is 5.14 Å². The van der Waals surface area contributed by atoms with E-state index in [0.29, 0.717) is 9.87 Å². The van der Waals surface area contributed by atoms with E-state index in [0.717, 1.165) is 3.57 Å². The van der Waals surface area contributed by atoms with Crippen LogP contribution in [-0.4, -0.2) is 30.3 Å². The van der Waals surface area contributed by atoms with Gasteiger partial charge in [0.15, 0.2) is 0 Å². The summed E-state index contributed by atoms with van der Waals surface area (Å²) in [7, 11) is -4.02. The largest absolute Gasteiger partial charge is 0.480 e. The molecule has 0 radical (unpaired) electrons. The first-order chi connectivity index (χ1) is 7.79. The van der Waals surface area contributed by atoms with Crippen LogP contribution < -0.4 is 5.14 Å². The highest BCUT2D eigenvalue weighted by atomic mass is 127. The van der Waals surface area contributed by atoms with Crippen molar-refractivity contribution in [2.45, 2.75) is 6.54 Å². The molecule has 1 rings (SSSR count). The quantitative estimate of drug-likeness (QED) is 0.732.